The molecule has 2 aromatic heterocycles. The average Bonchev–Trinajstić information content (AvgIpc) is 2.95. The minimum Gasteiger partial charge on any atom is -0.318 e. The number of H-pyrrole nitrogens is 1. The van der Waals surface area contributed by atoms with Gasteiger partial charge in [0.25, 0.3) is 5.56 Å². The van der Waals surface area contributed by atoms with Crippen LogP contribution in [-0.4, -0.2) is 20.4 Å². The number of nitrogens with zero attached hydrogens (tertiary/aromatic N) is 3. The van der Waals surface area contributed by atoms with Crippen LogP contribution < -0.4 is 11.2 Å². The molecule has 0 radical (unpaired) electrons. The molecular formula is C21H17BrN4O2. The molecule has 0 aliphatic rings. The van der Waals surface area contributed by atoms with Crippen molar-refractivity contribution in [3.8, 4) is 5.69 Å². The van der Waals surface area contributed by atoms with Gasteiger partial charge in [-0.3, -0.25) is 4.79 Å². The zero-order valence-electron chi connectivity index (χ0n) is 15.3. The van der Waals surface area contributed by atoms with E-state index < -0.39 is 11.2 Å². The van der Waals surface area contributed by atoms with Crippen LogP contribution in [0.1, 0.15) is 17.0 Å². The second kappa shape index (κ2) is 7.09. The fraction of sp³-hybridized carbons (Fsp3) is 0.0952. The van der Waals surface area contributed by atoms with Gasteiger partial charge in [-0.05, 0) is 50.2 Å². The molecule has 0 unspecified atom stereocenters. The summed E-state index contributed by atoms with van der Waals surface area (Å²) in [6.45, 7) is 3.98. The molecule has 0 spiro atoms. The van der Waals surface area contributed by atoms with Crippen molar-refractivity contribution >= 4 is 33.0 Å². The van der Waals surface area contributed by atoms with Crippen molar-refractivity contribution in [3.05, 3.63) is 96.9 Å². The molecule has 1 N–H and O–H groups in total. The molecule has 0 atom stereocenters. The molecule has 0 aliphatic carbocycles. The number of hydrogen-bond acceptors (Lipinski definition) is 3. The molecule has 4 rings (SSSR count). The van der Waals surface area contributed by atoms with Gasteiger partial charge in [-0.25, -0.2) is 4.79 Å². The quantitative estimate of drug-likeness (QED) is 0.496. The highest BCUT2D eigenvalue weighted by Crippen LogP contribution is 2.22. The molecule has 0 saturated carbocycles. The van der Waals surface area contributed by atoms with Gasteiger partial charge in [0.15, 0.2) is 0 Å². The smallest absolute Gasteiger partial charge is 0.318 e. The highest BCUT2D eigenvalue weighted by molar-refractivity contribution is 9.10. The lowest BCUT2D eigenvalue weighted by molar-refractivity contribution is 0.771. The number of halogens is 1. The predicted molar refractivity (Wildman–Crippen MR) is 115 cm³/mol. The highest BCUT2D eigenvalue weighted by atomic mass is 79.9. The van der Waals surface area contributed by atoms with Crippen molar-refractivity contribution in [2.75, 3.05) is 0 Å². The summed E-state index contributed by atoms with van der Waals surface area (Å²) in [5.74, 6) is 0. The topological polar surface area (TPSA) is 72.2 Å². The van der Waals surface area contributed by atoms with E-state index in [0.29, 0.717) is 10.9 Å². The fourth-order valence-electron chi connectivity index (χ4n) is 3.31. The van der Waals surface area contributed by atoms with E-state index in [0.717, 1.165) is 31.8 Å². The molecule has 0 bridgehead atoms. The molecule has 0 aliphatic heterocycles. The minimum absolute atomic E-state index is 0.416. The molecule has 6 nitrogen and oxygen atoms in total. The Morgan fingerprint density at radius 2 is 1.82 bits per heavy atom. The highest BCUT2D eigenvalue weighted by Gasteiger charge is 2.11. The Morgan fingerprint density at radius 1 is 1.04 bits per heavy atom. The number of aromatic nitrogens is 3. The second-order valence-corrected chi connectivity index (χ2v) is 7.39. The van der Waals surface area contributed by atoms with Crippen molar-refractivity contribution in [1.29, 1.82) is 0 Å². The third kappa shape index (κ3) is 3.14. The summed E-state index contributed by atoms with van der Waals surface area (Å²) in [6, 6.07) is 16.8. The van der Waals surface area contributed by atoms with Gasteiger partial charge in [0.1, 0.15) is 0 Å². The summed E-state index contributed by atoms with van der Waals surface area (Å²) < 4.78 is 3.94. The summed E-state index contributed by atoms with van der Waals surface area (Å²) in [7, 11) is 0. The number of benzene rings is 2. The van der Waals surface area contributed by atoms with Gasteiger partial charge < -0.3 is 9.55 Å². The number of nitrogens with one attached hydrogen (secondary N) is 1. The van der Waals surface area contributed by atoms with Crippen LogP contribution >= 0.6 is 15.9 Å². The van der Waals surface area contributed by atoms with Crippen molar-refractivity contribution in [3.63, 3.8) is 0 Å². The van der Waals surface area contributed by atoms with Crippen LogP contribution in [0.25, 0.3) is 16.6 Å². The summed E-state index contributed by atoms with van der Waals surface area (Å²) in [4.78, 5) is 27.6. The van der Waals surface area contributed by atoms with Crippen molar-refractivity contribution in [2.45, 2.75) is 13.8 Å². The Bertz CT molecular complexity index is 1340. The third-order valence-corrected chi connectivity index (χ3v) is 5.13. The first-order chi connectivity index (χ1) is 13.5. The monoisotopic (exact) mass is 436 g/mol. The minimum atomic E-state index is -0.569. The molecule has 2 heterocycles. The maximum absolute atomic E-state index is 12.6. The Hall–Kier alpha value is -3.19. The van der Waals surface area contributed by atoms with Gasteiger partial charge in [-0.2, -0.15) is 5.10 Å². The number of aryl methyl sites for hydroxylation is 1. The van der Waals surface area contributed by atoms with E-state index in [1.807, 2.05) is 44.2 Å². The molecule has 0 fully saturated rings. The van der Waals surface area contributed by atoms with Crippen LogP contribution in [0, 0.1) is 13.8 Å². The van der Waals surface area contributed by atoms with Crippen LogP contribution in [0.4, 0.5) is 0 Å². The van der Waals surface area contributed by atoms with E-state index >= 15 is 0 Å². The van der Waals surface area contributed by atoms with Crippen LogP contribution in [0.2, 0.25) is 0 Å². The zero-order chi connectivity index (χ0) is 19.8. The van der Waals surface area contributed by atoms with Gasteiger partial charge in [0.05, 0.1) is 17.1 Å². The maximum atomic E-state index is 12.6. The van der Waals surface area contributed by atoms with Crippen LogP contribution in [0.5, 0.6) is 0 Å². The van der Waals surface area contributed by atoms with Crippen molar-refractivity contribution in [1.82, 2.24) is 14.2 Å². The first-order valence-electron chi connectivity index (χ1n) is 8.69. The average molecular weight is 437 g/mol. The lowest BCUT2D eigenvalue weighted by Crippen LogP contribution is -2.32. The summed E-state index contributed by atoms with van der Waals surface area (Å²) in [6.07, 6.45) is 1.54. The SMILES string of the molecule is Cc1cc(C=Nn2c(=O)[nH]c3ccccc3c2=O)c(C)n1-c1cccc(Br)c1. The van der Waals surface area contributed by atoms with Gasteiger partial charge in [-0.1, -0.05) is 34.1 Å². The number of para-hydroxylation sites is 1. The van der Waals surface area contributed by atoms with Crippen LogP contribution in [0.3, 0.4) is 0 Å². The first-order valence-corrected chi connectivity index (χ1v) is 9.48. The Morgan fingerprint density at radius 3 is 2.61 bits per heavy atom. The largest absolute Gasteiger partial charge is 0.349 e. The zero-order valence-corrected chi connectivity index (χ0v) is 16.9. The van der Waals surface area contributed by atoms with E-state index in [9.17, 15) is 9.59 Å². The molecule has 140 valence electrons. The number of hydrogen-bond donors (Lipinski definition) is 1. The molecule has 0 amide bonds. The van der Waals surface area contributed by atoms with Gasteiger partial charge in [-0.15, -0.1) is 4.68 Å². The predicted octanol–water partition coefficient (Wildman–Crippen LogP) is 3.74. The van der Waals surface area contributed by atoms with Crippen molar-refractivity contribution < 1.29 is 0 Å². The van der Waals surface area contributed by atoms with E-state index in [1.54, 1.807) is 30.5 Å². The van der Waals surface area contributed by atoms with Gasteiger partial charge in [0.2, 0.25) is 0 Å². The lowest BCUT2D eigenvalue weighted by atomic mass is 10.2. The van der Waals surface area contributed by atoms with E-state index in [-0.39, 0.29) is 0 Å². The standard InChI is InChI=1S/C21H17BrN4O2/c1-13-10-15(14(2)25(13)17-7-5-6-16(22)11-17)12-23-26-20(27)18-8-3-4-9-19(18)24-21(26)28/h3-12H,1-2H3,(H,24,28). The molecule has 7 heteroatoms. The molecular weight excluding hydrogens is 420 g/mol. The van der Waals surface area contributed by atoms with Gasteiger partial charge >= 0.3 is 5.69 Å². The fourth-order valence-corrected chi connectivity index (χ4v) is 3.70. The maximum Gasteiger partial charge on any atom is 0.349 e. The number of fused-ring (bicyclic) bond motifs is 1. The van der Waals surface area contributed by atoms with Crippen LogP contribution in [0.15, 0.2) is 73.8 Å². The Kier molecular flexibility index (Phi) is 4.60. The van der Waals surface area contributed by atoms with E-state index in [4.69, 9.17) is 0 Å². The Labute approximate surface area is 168 Å². The first kappa shape index (κ1) is 18.2. The summed E-state index contributed by atoms with van der Waals surface area (Å²) in [5.41, 5.74) is 3.32. The van der Waals surface area contributed by atoms with Crippen molar-refractivity contribution in [2.24, 2.45) is 5.10 Å². The molecule has 2 aromatic carbocycles. The van der Waals surface area contributed by atoms with E-state index in [1.165, 1.54) is 0 Å². The van der Waals surface area contributed by atoms with Crippen LogP contribution in [-0.2, 0) is 0 Å². The normalized spacial score (nSPS) is 11.5. The van der Waals surface area contributed by atoms with E-state index in [2.05, 4.69) is 30.6 Å². The Balaban J connectivity index is 1.80. The molecule has 0 saturated heterocycles. The number of rotatable bonds is 3. The summed E-state index contributed by atoms with van der Waals surface area (Å²) in [5, 5.41) is 4.58. The molecule has 4 aromatic rings. The van der Waals surface area contributed by atoms with Gasteiger partial charge in [0, 0.05) is 27.1 Å². The molecule has 28 heavy (non-hydrogen) atoms. The second-order valence-electron chi connectivity index (χ2n) is 6.48. The lowest BCUT2D eigenvalue weighted by Gasteiger charge is -2.09. The third-order valence-electron chi connectivity index (χ3n) is 4.63. The number of aromatic amines is 1. The summed E-state index contributed by atoms with van der Waals surface area (Å²) >= 11 is 3.50.